The van der Waals surface area contributed by atoms with Crippen molar-refractivity contribution in [1.82, 2.24) is 14.1 Å². The summed E-state index contributed by atoms with van der Waals surface area (Å²) < 4.78 is 24.7. The van der Waals surface area contributed by atoms with Gasteiger partial charge in [0, 0.05) is 35.2 Å². The molecule has 4 heterocycles. The number of ether oxygens (including phenoxy) is 3. The number of aryl methyl sites for hydroxylation is 4. The Morgan fingerprint density at radius 1 is 0.879 bits per heavy atom. The van der Waals surface area contributed by atoms with Gasteiger partial charge in [0.1, 0.15) is 18.3 Å². The Morgan fingerprint density at radius 2 is 1.45 bits per heavy atom. The van der Waals surface area contributed by atoms with Crippen molar-refractivity contribution in [1.29, 1.82) is 0 Å². The standard InChI is InChI=1S/C27H35N3O3/c1-17-9-10-18(2)29(17)22-14-23(30-19(3)11-12-20(30)4)25-26(33-27(5,6)32-25)24(22)31-16-21-8-7-13-28-15-21/h7-13,15,22-26H,14,16H2,1-6H3. The molecule has 6 heteroatoms. The molecule has 0 spiro atoms. The third-order valence-electron chi connectivity index (χ3n) is 7.21. The summed E-state index contributed by atoms with van der Waals surface area (Å²) in [7, 11) is 0. The molecule has 1 saturated carbocycles. The maximum Gasteiger partial charge on any atom is 0.164 e. The molecule has 3 aromatic rings. The zero-order chi connectivity index (χ0) is 23.3. The zero-order valence-electron chi connectivity index (χ0n) is 20.5. The molecule has 2 aliphatic rings. The van der Waals surface area contributed by atoms with E-state index in [-0.39, 0.29) is 30.4 Å². The van der Waals surface area contributed by atoms with Gasteiger partial charge in [0.2, 0.25) is 0 Å². The maximum absolute atomic E-state index is 6.67. The molecule has 33 heavy (non-hydrogen) atoms. The van der Waals surface area contributed by atoms with Gasteiger partial charge in [-0.25, -0.2) is 0 Å². The average Bonchev–Trinajstić information content (AvgIpc) is 3.40. The van der Waals surface area contributed by atoms with Gasteiger partial charge in [0.05, 0.1) is 18.7 Å². The molecule has 0 bridgehead atoms. The quantitative estimate of drug-likeness (QED) is 0.537. The lowest BCUT2D eigenvalue weighted by Crippen LogP contribution is -2.52. The average molecular weight is 450 g/mol. The predicted octanol–water partition coefficient (Wildman–Crippen LogP) is 5.21. The number of hydrogen-bond donors (Lipinski definition) is 0. The van der Waals surface area contributed by atoms with Crippen LogP contribution in [-0.4, -0.2) is 38.2 Å². The first-order valence-corrected chi connectivity index (χ1v) is 11.9. The summed E-state index contributed by atoms with van der Waals surface area (Å²) in [6.45, 7) is 13.2. The van der Waals surface area contributed by atoms with Gasteiger partial charge >= 0.3 is 0 Å². The minimum absolute atomic E-state index is 0.0869. The van der Waals surface area contributed by atoms with Crippen molar-refractivity contribution in [2.45, 2.75) is 90.8 Å². The van der Waals surface area contributed by atoms with E-state index in [0.717, 1.165) is 12.0 Å². The molecular weight excluding hydrogens is 414 g/mol. The van der Waals surface area contributed by atoms with Crippen LogP contribution >= 0.6 is 0 Å². The summed E-state index contributed by atoms with van der Waals surface area (Å²) in [5.41, 5.74) is 6.04. The molecular formula is C27H35N3O3. The fourth-order valence-corrected chi connectivity index (χ4v) is 5.90. The Balaban J connectivity index is 1.57. The van der Waals surface area contributed by atoms with E-state index in [9.17, 15) is 0 Å². The monoisotopic (exact) mass is 449 g/mol. The Bertz CT molecular complexity index is 1080. The Kier molecular flexibility index (Phi) is 5.71. The predicted molar refractivity (Wildman–Crippen MR) is 127 cm³/mol. The van der Waals surface area contributed by atoms with E-state index < -0.39 is 5.79 Å². The molecule has 0 amide bonds. The lowest BCUT2D eigenvalue weighted by molar-refractivity contribution is -0.163. The van der Waals surface area contributed by atoms with E-state index in [1.165, 1.54) is 22.8 Å². The second-order valence-electron chi connectivity index (χ2n) is 10.0. The van der Waals surface area contributed by atoms with Crippen LogP contribution in [0.5, 0.6) is 0 Å². The van der Waals surface area contributed by atoms with E-state index in [1.54, 1.807) is 6.20 Å². The summed E-state index contributed by atoms with van der Waals surface area (Å²) in [5, 5.41) is 0. The van der Waals surface area contributed by atoms with E-state index in [1.807, 2.05) is 26.1 Å². The van der Waals surface area contributed by atoms with E-state index in [0.29, 0.717) is 6.61 Å². The first kappa shape index (κ1) is 22.4. The highest BCUT2D eigenvalue weighted by Crippen LogP contribution is 2.48. The van der Waals surface area contributed by atoms with Crippen LogP contribution in [-0.2, 0) is 20.8 Å². The number of aromatic nitrogens is 3. The van der Waals surface area contributed by atoms with Crippen LogP contribution in [0.2, 0.25) is 0 Å². The molecule has 5 unspecified atom stereocenters. The molecule has 6 nitrogen and oxygen atoms in total. The normalized spacial score (nSPS) is 28.7. The maximum atomic E-state index is 6.67. The highest BCUT2D eigenvalue weighted by Gasteiger charge is 2.56. The largest absolute Gasteiger partial charge is 0.368 e. The smallest absolute Gasteiger partial charge is 0.164 e. The first-order valence-electron chi connectivity index (χ1n) is 11.9. The molecule has 0 N–H and O–H groups in total. The van der Waals surface area contributed by atoms with Gasteiger partial charge in [-0.1, -0.05) is 6.07 Å². The number of pyridine rings is 1. The lowest BCUT2D eigenvalue weighted by atomic mass is 9.82. The number of fused-ring (bicyclic) bond motifs is 1. The van der Waals surface area contributed by atoms with Crippen LogP contribution in [0, 0.1) is 27.7 Å². The molecule has 5 atom stereocenters. The molecule has 1 saturated heterocycles. The Labute approximate surface area is 196 Å². The van der Waals surface area contributed by atoms with Crippen molar-refractivity contribution in [3.63, 3.8) is 0 Å². The van der Waals surface area contributed by atoms with Crippen LogP contribution in [0.15, 0.2) is 48.8 Å². The molecule has 176 valence electrons. The van der Waals surface area contributed by atoms with Gasteiger partial charge in [0.15, 0.2) is 5.79 Å². The zero-order valence-corrected chi connectivity index (χ0v) is 20.5. The molecule has 0 aromatic carbocycles. The van der Waals surface area contributed by atoms with Gasteiger partial charge in [-0.15, -0.1) is 0 Å². The number of hydrogen-bond acceptors (Lipinski definition) is 4. The summed E-state index contributed by atoms with van der Waals surface area (Å²) in [6.07, 6.45) is 4.16. The molecule has 3 aromatic heterocycles. The highest BCUT2D eigenvalue weighted by atomic mass is 16.8. The Hall–Kier alpha value is -2.41. The topological polar surface area (TPSA) is 50.4 Å². The van der Waals surface area contributed by atoms with E-state index in [4.69, 9.17) is 14.2 Å². The minimum atomic E-state index is -0.659. The van der Waals surface area contributed by atoms with Crippen molar-refractivity contribution >= 4 is 0 Å². The van der Waals surface area contributed by atoms with Crippen molar-refractivity contribution in [3.8, 4) is 0 Å². The summed E-state index contributed by atoms with van der Waals surface area (Å²) in [4.78, 5) is 4.26. The third kappa shape index (κ3) is 4.05. The molecule has 5 rings (SSSR count). The minimum Gasteiger partial charge on any atom is -0.368 e. The summed E-state index contributed by atoms with van der Waals surface area (Å²) in [5.74, 6) is -0.659. The third-order valence-corrected chi connectivity index (χ3v) is 7.21. The summed E-state index contributed by atoms with van der Waals surface area (Å²) >= 11 is 0. The molecule has 1 aliphatic heterocycles. The summed E-state index contributed by atoms with van der Waals surface area (Å²) in [6, 6.07) is 13.1. The lowest BCUT2D eigenvalue weighted by Gasteiger charge is -2.44. The first-order chi connectivity index (χ1) is 15.7. The van der Waals surface area contributed by atoms with Crippen LogP contribution in [0.4, 0.5) is 0 Å². The van der Waals surface area contributed by atoms with Crippen LogP contribution in [0.25, 0.3) is 0 Å². The van der Waals surface area contributed by atoms with Crippen LogP contribution in [0.1, 0.15) is 60.7 Å². The molecule has 2 fully saturated rings. The van der Waals surface area contributed by atoms with E-state index >= 15 is 0 Å². The van der Waals surface area contributed by atoms with Crippen molar-refractivity contribution in [2.75, 3.05) is 0 Å². The number of nitrogens with zero attached hydrogens (tertiary/aromatic N) is 3. The van der Waals surface area contributed by atoms with Gasteiger partial charge < -0.3 is 23.3 Å². The second-order valence-corrected chi connectivity index (χ2v) is 10.0. The number of rotatable bonds is 5. The van der Waals surface area contributed by atoms with Crippen molar-refractivity contribution in [3.05, 3.63) is 77.1 Å². The fraction of sp³-hybridized carbons (Fsp3) is 0.519. The van der Waals surface area contributed by atoms with Crippen molar-refractivity contribution < 1.29 is 14.2 Å². The van der Waals surface area contributed by atoms with Gasteiger partial charge in [-0.2, -0.15) is 0 Å². The Morgan fingerprint density at radius 3 is 2.03 bits per heavy atom. The van der Waals surface area contributed by atoms with Gasteiger partial charge in [-0.3, -0.25) is 4.98 Å². The second kappa shape index (κ2) is 8.42. The van der Waals surface area contributed by atoms with Crippen LogP contribution in [0.3, 0.4) is 0 Å². The van der Waals surface area contributed by atoms with Crippen LogP contribution < -0.4 is 0 Å². The SMILES string of the molecule is Cc1ccc(C)n1C1CC(n2c(C)ccc2C)C2OC(C)(C)OC2C1OCc1cccnc1. The highest BCUT2D eigenvalue weighted by molar-refractivity contribution is 5.21. The molecule has 0 radical (unpaired) electrons. The fourth-order valence-electron chi connectivity index (χ4n) is 5.90. The molecule has 1 aliphatic carbocycles. The van der Waals surface area contributed by atoms with Gasteiger partial charge in [0.25, 0.3) is 0 Å². The van der Waals surface area contributed by atoms with Crippen molar-refractivity contribution in [2.24, 2.45) is 0 Å². The van der Waals surface area contributed by atoms with E-state index in [2.05, 4.69) is 72.1 Å². The van der Waals surface area contributed by atoms with Gasteiger partial charge in [-0.05, 0) is 83.9 Å².